The topological polar surface area (TPSA) is 34.2 Å². The Morgan fingerprint density at radius 3 is 2.50 bits per heavy atom. The van der Waals surface area contributed by atoms with Crippen molar-refractivity contribution in [1.29, 1.82) is 0 Å². The maximum Gasteiger partial charge on any atom is 0.0483 e. The Kier molecular flexibility index (Phi) is 5.31. The van der Waals surface area contributed by atoms with Crippen LogP contribution in [0.4, 0.5) is 0 Å². The van der Waals surface area contributed by atoms with Crippen molar-refractivity contribution in [3.63, 3.8) is 0 Å². The highest BCUT2D eigenvalue weighted by Gasteiger charge is 2.17. The van der Waals surface area contributed by atoms with Gasteiger partial charge >= 0.3 is 0 Å². The number of hydrogen-bond acceptors (Lipinski definition) is 2. The van der Waals surface area contributed by atoms with Crippen LogP contribution in [0.1, 0.15) is 51.2 Å². The summed E-state index contributed by atoms with van der Waals surface area (Å²) in [5.41, 5.74) is 10.2. The van der Waals surface area contributed by atoms with Crippen LogP contribution in [-0.2, 0) is 18.4 Å². The maximum atomic E-state index is 5.73. The van der Waals surface area contributed by atoms with E-state index in [2.05, 4.69) is 54.6 Å². The first-order valence-electron chi connectivity index (χ1n) is 9.54. The molecule has 0 bridgehead atoms. The van der Waals surface area contributed by atoms with E-state index in [1.165, 1.54) is 54.5 Å². The minimum absolute atomic E-state index is 0.194. The van der Waals surface area contributed by atoms with Crippen molar-refractivity contribution >= 4 is 10.9 Å². The van der Waals surface area contributed by atoms with Crippen LogP contribution in [0.2, 0.25) is 0 Å². The monoisotopic (exact) mass is 327 g/mol. The van der Waals surface area contributed by atoms with Crippen LogP contribution in [0, 0.1) is 0 Å². The van der Waals surface area contributed by atoms with Gasteiger partial charge in [0.2, 0.25) is 0 Å². The summed E-state index contributed by atoms with van der Waals surface area (Å²) in [6.45, 7) is 12.4. The van der Waals surface area contributed by atoms with E-state index in [4.69, 9.17) is 5.73 Å². The van der Waals surface area contributed by atoms with Crippen LogP contribution in [0.5, 0.6) is 0 Å². The highest BCUT2D eigenvalue weighted by Crippen LogP contribution is 2.29. The van der Waals surface area contributed by atoms with Gasteiger partial charge in [-0.1, -0.05) is 26.8 Å². The Morgan fingerprint density at radius 1 is 1.08 bits per heavy atom. The van der Waals surface area contributed by atoms with E-state index in [1.54, 1.807) is 0 Å². The van der Waals surface area contributed by atoms with E-state index < -0.39 is 0 Å². The molecule has 1 aromatic heterocycles. The number of benzene rings is 1. The van der Waals surface area contributed by atoms with Gasteiger partial charge in [0, 0.05) is 30.2 Å². The summed E-state index contributed by atoms with van der Waals surface area (Å²) in [4.78, 5) is 2.61. The fourth-order valence-electron chi connectivity index (χ4n) is 3.77. The SMILES string of the molecule is CC(C)(C)c1ccc2c(c1)c(CCN1CCCC1)cn2CCCN. The molecule has 0 saturated carbocycles. The number of nitrogens with two attached hydrogens (primary N) is 1. The molecule has 1 saturated heterocycles. The number of rotatable bonds is 6. The van der Waals surface area contributed by atoms with Gasteiger partial charge in [-0.3, -0.25) is 0 Å². The first-order valence-corrected chi connectivity index (χ1v) is 9.54. The van der Waals surface area contributed by atoms with Crippen LogP contribution in [-0.4, -0.2) is 35.6 Å². The van der Waals surface area contributed by atoms with Crippen LogP contribution in [0.15, 0.2) is 24.4 Å². The van der Waals surface area contributed by atoms with Crippen molar-refractivity contribution in [3.05, 3.63) is 35.5 Å². The van der Waals surface area contributed by atoms with Crippen LogP contribution < -0.4 is 5.73 Å². The van der Waals surface area contributed by atoms with Crippen LogP contribution in [0.3, 0.4) is 0 Å². The normalized spacial score (nSPS) is 16.3. The summed E-state index contributed by atoms with van der Waals surface area (Å²) in [5, 5.41) is 1.44. The zero-order chi connectivity index (χ0) is 17.2. The van der Waals surface area contributed by atoms with Crippen molar-refractivity contribution in [1.82, 2.24) is 9.47 Å². The Hall–Kier alpha value is -1.32. The Labute approximate surface area is 146 Å². The lowest BCUT2D eigenvalue weighted by molar-refractivity contribution is 0.344. The zero-order valence-electron chi connectivity index (χ0n) is 15.6. The van der Waals surface area contributed by atoms with E-state index >= 15 is 0 Å². The molecule has 0 radical (unpaired) electrons. The summed E-state index contributed by atoms with van der Waals surface area (Å²) in [6.07, 6.45) is 7.30. The molecule has 3 nitrogen and oxygen atoms in total. The largest absolute Gasteiger partial charge is 0.347 e. The molecule has 0 aliphatic carbocycles. The summed E-state index contributed by atoms with van der Waals surface area (Å²) < 4.78 is 2.41. The van der Waals surface area contributed by atoms with E-state index in [0.717, 1.165) is 25.9 Å². The number of aryl methyl sites for hydroxylation is 1. The van der Waals surface area contributed by atoms with Crippen LogP contribution in [0.25, 0.3) is 10.9 Å². The van der Waals surface area contributed by atoms with Gasteiger partial charge in [-0.25, -0.2) is 0 Å². The molecule has 0 unspecified atom stereocenters. The van der Waals surface area contributed by atoms with Gasteiger partial charge in [0.05, 0.1) is 0 Å². The molecule has 0 atom stereocenters. The van der Waals surface area contributed by atoms with Crippen LogP contribution >= 0.6 is 0 Å². The number of hydrogen-bond donors (Lipinski definition) is 1. The lowest BCUT2D eigenvalue weighted by atomic mass is 9.86. The molecule has 3 rings (SSSR count). The van der Waals surface area contributed by atoms with Crippen molar-refractivity contribution in [2.75, 3.05) is 26.2 Å². The second-order valence-electron chi connectivity index (χ2n) is 8.27. The third kappa shape index (κ3) is 3.84. The average Bonchev–Trinajstić information content (AvgIpc) is 3.17. The lowest BCUT2D eigenvalue weighted by Crippen LogP contribution is -2.21. The van der Waals surface area contributed by atoms with E-state index in [0.29, 0.717) is 0 Å². The molecule has 1 aliphatic rings. The fourth-order valence-corrected chi connectivity index (χ4v) is 3.77. The molecule has 2 N–H and O–H groups in total. The molecule has 2 aromatic rings. The molecule has 2 heterocycles. The Bertz CT molecular complexity index is 672. The quantitative estimate of drug-likeness (QED) is 0.872. The van der Waals surface area contributed by atoms with Gasteiger partial charge in [-0.05, 0) is 74.0 Å². The molecule has 3 heteroatoms. The van der Waals surface area contributed by atoms with E-state index in [9.17, 15) is 0 Å². The minimum Gasteiger partial charge on any atom is -0.347 e. The molecular weight excluding hydrogens is 294 g/mol. The first kappa shape index (κ1) is 17.5. The number of fused-ring (bicyclic) bond motifs is 1. The molecule has 0 amide bonds. The summed E-state index contributed by atoms with van der Waals surface area (Å²) >= 11 is 0. The van der Waals surface area contributed by atoms with Gasteiger partial charge in [-0.2, -0.15) is 0 Å². The zero-order valence-corrected chi connectivity index (χ0v) is 15.6. The first-order chi connectivity index (χ1) is 11.5. The maximum absolute atomic E-state index is 5.73. The predicted octanol–water partition coefficient (Wildman–Crippen LogP) is 3.93. The number of aromatic nitrogens is 1. The van der Waals surface area contributed by atoms with Gasteiger partial charge in [-0.15, -0.1) is 0 Å². The molecule has 1 aliphatic heterocycles. The van der Waals surface area contributed by atoms with Gasteiger partial charge < -0.3 is 15.2 Å². The average molecular weight is 328 g/mol. The molecule has 1 aromatic carbocycles. The molecule has 0 spiro atoms. The van der Waals surface area contributed by atoms with Crippen molar-refractivity contribution < 1.29 is 0 Å². The third-order valence-electron chi connectivity index (χ3n) is 5.33. The molecule has 24 heavy (non-hydrogen) atoms. The van der Waals surface area contributed by atoms with Gasteiger partial charge in [0.1, 0.15) is 0 Å². The van der Waals surface area contributed by atoms with Crippen molar-refractivity contribution in [2.45, 2.75) is 58.4 Å². The number of likely N-dealkylation sites (tertiary alicyclic amines) is 1. The highest BCUT2D eigenvalue weighted by molar-refractivity contribution is 5.85. The minimum atomic E-state index is 0.194. The molecule has 1 fully saturated rings. The van der Waals surface area contributed by atoms with E-state index in [-0.39, 0.29) is 5.41 Å². The third-order valence-corrected chi connectivity index (χ3v) is 5.33. The van der Waals surface area contributed by atoms with Crippen molar-refractivity contribution in [2.24, 2.45) is 5.73 Å². The highest BCUT2D eigenvalue weighted by atomic mass is 15.1. The van der Waals surface area contributed by atoms with Crippen molar-refractivity contribution in [3.8, 4) is 0 Å². The smallest absolute Gasteiger partial charge is 0.0483 e. The number of nitrogens with zero attached hydrogens (tertiary/aromatic N) is 2. The fraction of sp³-hybridized carbons (Fsp3) is 0.619. The van der Waals surface area contributed by atoms with Gasteiger partial charge in [0.25, 0.3) is 0 Å². The Morgan fingerprint density at radius 2 is 1.83 bits per heavy atom. The summed E-state index contributed by atoms with van der Waals surface area (Å²) in [7, 11) is 0. The second kappa shape index (κ2) is 7.28. The second-order valence-corrected chi connectivity index (χ2v) is 8.27. The predicted molar refractivity (Wildman–Crippen MR) is 104 cm³/mol. The molecule has 132 valence electrons. The van der Waals surface area contributed by atoms with E-state index in [1.807, 2.05) is 0 Å². The standard InChI is InChI=1S/C21H33N3/c1-21(2,3)18-7-8-20-19(15-18)17(16-24(20)13-6-10-22)9-14-23-11-4-5-12-23/h7-8,15-16H,4-6,9-14,22H2,1-3H3. The Balaban J connectivity index is 1.91. The summed E-state index contributed by atoms with van der Waals surface area (Å²) in [5.74, 6) is 0. The summed E-state index contributed by atoms with van der Waals surface area (Å²) in [6, 6.07) is 7.03. The lowest BCUT2D eigenvalue weighted by Gasteiger charge is -2.19. The van der Waals surface area contributed by atoms with Gasteiger partial charge in [0.15, 0.2) is 0 Å². The molecular formula is C21H33N3.